The van der Waals surface area contributed by atoms with Crippen LogP contribution in [0.25, 0.3) is 12.2 Å². The summed E-state index contributed by atoms with van der Waals surface area (Å²) in [4.78, 5) is 12.5. The number of allylic oxidation sites excluding steroid dienone is 3. The molecule has 1 saturated heterocycles. The molecule has 0 amide bonds. The molecule has 0 atom stereocenters. The Morgan fingerprint density at radius 2 is 1.71 bits per heavy atom. The van der Waals surface area contributed by atoms with E-state index in [1.165, 1.54) is 18.4 Å². The first-order chi connectivity index (χ1) is 20.1. The lowest BCUT2D eigenvalue weighted by Crippen LogP contribution is -2.41. The lowest BCUT2D eigenvalue weighted by atomic mass is 10.0. The quantitative estimate of drug-likeness (QED) is 0.291. The highest BCUT2D eigenvalue weighted by Crippen LogP contribution is 2.16. The van der Waals surface area contributed by atoms with E-state index in [1.54, 1.807) is 26.6 Å². The van der Waals surface area contributed by atoms with Crippen molar-refractivity contribution in [2.45, 2.75) is 65.8 Å². The molecule has 2 heterocycles. The van der Waals surface area contributed by atoms with Crippen molar-refractivity contribution in [1.29, 1.82) is 0 Å². The van der Waals surface area contributed by atoms with Crippen molar-refractivity contribution in [3.63, 3.8) is 0 Å². The summed E-state index contributed by atoms with van der Waals surface area (Å²) < 4.78 is 15.2. The van der Waals surface area contributed by atoms with Crippen molar-refractivity contribution in [2.24, 2.45) is 5.18 Å². The van der Waals surface area contributed by atoms with Crippen LogP contribution in [0.4, 0.5) is 0 Å². The summed E-state index contributed by atoms with van der Waals surface area (Å²) in [5.74, 6) is 0.964. The molecule has 1 fully saturated rings. The van der Waals surface area contributed by atoms with Gasteiger partial charge < -0.3 is 19.5 Å². The van der Waals surface area contributed by atoms with E-state index in [9.17, 15) is 4.91 Å². The van der Waals surface area contributed by atoms with E-state index in [-0.39, 0.29) is 0 Å². The van der Waals surface area contributed by atoms with Gasteiger partial charge in [0, 0.05) is 51.5 Å². The molecule has 9 heteroatoms. The molecule has 0 saturated carbocycles. The minimum atomic E-state index is 0.326. The molecule has 3 rings (SSSR count). The molecule has 0 spiro atoms. The molecule has 1 aromatic rings. The fourth-order valence-corrected chi connectivity index (χ4v) is 3.91. The molecule has 41 heavy (non-hydrogen) atoms. The van der Waals surface area contributed by atoms with Gasteiger partial charge >= 0.3 is 0 Å². The Kier molecular flexibility index (Phi) is 25.6. The topological polar surface area (TPSA) is 98.2 Å². The van der Waals surface area contributed by atoms with E-state index in [2.05, 4.69) is 67.6 Å². The van der Waals surface area contributed by atoms with Gasteiger partial charge in [0.1, 0.15) is 0 Å². The first kappa shape index (κ1) is 38.3. The van der Waals surface area contributed by atoms with Crippen molar-refractivity contribution in [3.8, 4) is 0 Å². The van der Waals surface area contributed by atoms with Crippen LogP contribution in [0.15, 0.2) is 53.2 Å². The molecular weight excluding hydrogens is 518 g/mol. The van der Waals surface area contributed by atoms with Crippen LogP contribution in [0.2, 0.25) is 0 Å². The third kappa shape index (κ3) is 19.1. The fourth-order valence-electron chi connectivity index (χ4n) is 3.91. The van der Waals surface area contributed by atoms with Crippen LogP contribution in [-0.2, 0) is 14.2 Å². The number of nitrogens with zero attached hydrogens (tertiary/aromatic N) is 4. The van der Waals surface area contributed by atoms with E-state index >= 15 is 0 Å². The van der Waals surface area contributed by atoms with Crippen molar-refractivity contribution in [3.05, 3.63) is 63.4 Å². The normalized spacial score (nSPS) is 16.1. The Hall–Kier alpha value is -2.72. The zero-order valence-corrected chi connectivity index (χ0v) is 26.6. The third-order valence-electron chi connectivity index (χ3n) is 6.19. The van der Waals surface area contributed by atoms with Gasteiger partial charge in [0.2, 0.25) is 0 Å². The van der Waals surface area contributed by atoms with E-state index in [4.69, 9.17) is 9.47 Å². The first-order valence-electron chi connectivity index (χ1n) is 14.9. The van der Waals surface area contributed by atoms with Crippen LogP contribution in [0.5, 0.6) is 0 Å². The highest BCUT2D eigenvalue weighted by atomic mass is 16.5. The van der Waals surface area contributed by atoms with Gasteiger partial charge in [-0.05, 0) is 69.3 Å². The summed E-state index contributed by atoms with van der Waals surface area (Å²) >= 11 is 0. The van der Waals surface area contributed by atoms with Crippen LogP contribution >= 0.6 is 0 Å². The number of hydrogen-bond donors (Lipinski definition) is 1. The van der Waals surface area contributed by atoms with Crippen molar-refractivity contribution in [2.75, 3.05) is 67.3 Å². The maximum atomic E-state index is 10.0. The maximum absolute atomic E-state index is 10.0. The van der Waals surface area contributed by atoms with Gasteiger partial charge in [0.25, 0.3) is 0 Å². The molecule has 232 valence electrons. The highest BCUT2D eigenvalue weighted by Gasteiger charge is 2.17. The Bertz CT molecular complexity index is 984. The zero-order valence-electron chi connectivity index (χ0n) is 26.6. The second-order valence-electron chi connectivity index (χ2n) is 9.12. The Morgan fingerprint density at radius 3 is 2.27 bits per heavy atom. The minimum Gasteiger partial charge on any atom is -0.498 e. The van der Waals surface area contributed by atoms with E-state index in [0.29, 0.717) is 32.2 Å². The lowest BCUT2D eigenvalue weighted by Gasteiger charge is -2.31. The fraction of sp³-hybridized carbons (Fsp3) is 0.625. The molecule has 1 aliphatic carbocycles. The third-order valence-corrected chi connectivity index (χ3v) is 6.19. The minimum absolute atomic E-state index is 0.326. The van der Waals surface area contributed by atoms with Crippen LogP contribution in [-0.4, -0.2) is 88.4 Å². The number of aromatic nitrogens is 2. The molecular formula is C32H55N5O4. The van der Waals surface area contributed by atoms with Gasteiger partial charge in [-0.1, -0.05) is 50.3 Å². The van der Waals surface area contributed by atoms with Gasteiger partial charge in [-0.2, -0.15) is 15.1 Å². The van der Waals surface area contributed by atoms with Gasteiger partial charge in [0.15, 0.2) is 0 Å². The summed E-state index contributed by atoms with van der Waals surface area (Å²) in [5, 5.41) is 16.1. The van der Waals surface area contributed by atoms with Crippen LogP contribution < -0.4 is 15.8 Å². The molecule has 1 aliphatic heterocycles. The SMILES string of the molecule is CC.CC/C=c1/cnnc/c1=C/COC.CCOC.CNC1CCN(CC2=CC=C(OCCCN=O)CC=C2)CC1. The van der Waals surface area contributed by atoms with Gasteiger partial charge in [-0.15, -0.1) is 0 Å². The zero-order chi connectivity index (χ0) is 30.6. The van der Waals surface area contributed by atoms with E-state index in [1.807, 2.05) is 33.9 Å². The molecule has 0 bridgehead atoms. The maximum Gasteiger partial charge on any atom is 0.0997 e. The number of nitroso groups, excluding NO2 is 1. The van der Waals surface area contributed by atoms with Crippen molar-refractivity contribution < 1.29 is 14.2 Å². The number of ether oxygens (including phenoxy) is 3. The molecule has 9 nitrogen and oxygen atoms in total. The van der Waals surface area contributed by atoms with E-state index in [0.717, 1.165) is 55.3 Å². The monoisotopic (exact) mass is 573 g/mol. The van der Waals surface area contributed by atoms with Gasteiger partial charge in [0.05, 0.1) is 37.9 Å². The standard InChI is InChI=1S/C17H27N3O2.C10H14N2O.C3H8O.C2H6/c1-18-16-8-11-20(12-9-16)14-15-4-2-5-17(7-6-15)22-13-3-10-19-21;1-3-4-9-7-11-12-8-10(9)5-6-13-2;1-3-4-2;1-2/h2,4,6-7,16,18H,3,5,8-14H2,1H3;4-5,7-8H,3,6H2,1-2H3;3H2,1-2H3;1-2H3/b;9-4-,10-5-;;. The average molecular weight is 574 g/mol. The number of piperidine rings is 1. The van der Waals surface area contributed by atoms with Gasteiger partial charge in [-0.3, -0.25) is 4.90 Å². The Balaban J connectivity index is 0.000000713. The number of nitrogens with one attached hydrogen (secondary N) is 1. The summed E-state index contributed by atoms with van der Waals surface area (Å²) in [5.41, 5.74) is 1.33. The largest absolute Gasteiger partial charge is 0.498 e. The molecule has 0 unspecified atom stereocenters. The second-order valence-corrected chi connectivity index (χ2v) is 9.12. The lowest BCUT2D eigenvalue weighted by molar-refractivity contribution is 0.206. The highest BCUT2D eigenvalue weighted by molar-refractivity contribution is 5.30. The van der Waals surface area contributed by atoms with Crippen molar-refractivity contribution in [1.82, 2.24) is 20.4 Å². The number of methoxy groups -OCH3 is 2. The van der Waals surface area contributed by atoms with E-state index < -0.39 is 0 Å². The smallest absolute Gasteiger partial charge is 0.0997 e. The molecule has 0 radical (unpaired) electrons. The number of hydrogen-bond acceptors (Lipinski definition) is 9. The number of rotatable bonds is 12. The van der Waals surface area contributed by atoms with Gasteiger partial charge in [-0.25, -0.2) is 0 Å². The molecule has 0 aromatic carbocycles. The molecule has 1 aromatic heterocycles. The Labute approximate surface area is 248 Å². The summed E-state index contributed by atoms with van der Waals surface area (Å²) in [6.45, 7) is 13.7. The summed E-state index contributed by atoms with van der Waals surface area (Å²) in [6, 6.07) is 0.677. The Morgan fingerprint density at radius 1 is 1.05 bits per heavy atom. The van der Waals surface area contributed by atoms with Crippen molar-refractivity contribution >= 4 is 12.2 Å². The first-order valence-corrected chi connectivity index (χ1v) is 14.9. The number of likely N-dealkylation sites (tertiary alicyclic amines) is 1. The second kappa shape index (κ2) is 27.4. The van der Waals surface area contributed by atoms with Crippen LogP contribution in [0.1, 0.15) is 59.8 Å². The summed E-state index contributed by atoms with van der Waals surface area (Å²) in [7, 11) is 5.41. The summed E-state index contributed by atoms with van der Waals surface area (Å²) in [6.07, 6.45) is 21.2. The predicted molar refractivity (Wildman–Crippen MR) is 171 cm³/mol. The predicted octanol–water partition coefficient (Wildman–Crippen LogP) is 4.39. The van der Waals surface area contributed by atoms with Crippen LogP contribution in [0.3, 0.4) is 0 Å². The average Bonchev–Trinajstić information content (AvgIpc) is 3.25. The molecule has 2 aliphatic rings. The molecule has 1 N–H and O–H groups in total. The van der Waals surface area contributed by atoms with Crippen LogP contribution in [0, 0.1) is 4.91 Å².